The monoisotopic (exact) mass is 260 g/mol. The third-order valence-electron chi connectivity index (χ3n) is 3.57. The zero-order chi connectivity index (χ0) is 13.2. The molecule has 0 bridgehead atoms. The zero-order valence-electron chi connectivity index (χ0n) is 10.6. The van der Waals surface area contributed by atoms with E-state index >= 15 is 0 Å². The van der Waals surface area contributed by atoms with Crippen LogP contribution in [-0.4, -0.2) is 45.8 Å². The number of nitrogens with one attached hydrogen (secondary N) is 1. The second-order valence-electron chi connectivity index (χ2n) is 5.15. The van der Waals surface area contributed by atoms with Crippen molar-refractivity contribution in [2.45, 2.75) is 25.3 Å². The third-order valence-corrected chi connectivity index (χ3v) is 3.57. The minimum absolute atomic E-state index is 0.216. The van der Waals surface area contributed by atoms with Crippen molar-refractivity contribution in [1.82, 2.24) is 20.2 Å². The van der Waals surface area contributed by atoms with Gasteiger partial charge >= 0.3 is 0 Å². The van der Waals surface area contributed by atoms with Crippen molar-refractivity contribution in [3.05, 3.63) is 24.3 Å². The first-order valence-corrected chi connectivity index (χ1v) is 6.57. The van der Waals surface area contributed by atoms with Crippen LogP contribution in [0.4, 0.5) is 0 Å². The summed E-state index contributed by atoms with van der Waals surface area (Å²) in [6.07, 6.45) is 7.25. The number of hydrogen-bond donors (Lipinski definition) is 1. The van der Waals surface area contributed by atoms with Gasteiger partial charge in [0.2, 0.25) is 5.91 Å². The lowest BCUT2D eigenvalue weighted by Gasteiger charge is -2.15. The molecule has 1 atom stereocenters. The highest BCUT2D eigenvalue weighted by Crippen LogP contribution is 2.32. The standard InChI is InChI=1S/C13H16N4O2/c18-12-5-9(8-17(12)10-1-2-10)6-16-13(19)11-7-14-3-4-15-11/h3-4,7,9-10H,1-2,5-6,8H2,(H,16,19). The highest BCUT2D eigenvalue weighted by molar-refractivity contribution is 5.91. The van der Waals surface area contributed by atoms with Crippen molar-refractivity contribution in [2.75, 3.05) is 13.1 Å². The van der Waals surface area contributed by atoms with Gasteiger partial charge < -0.3 is 10.2 Å². The minimum atomic E-state index is -0.231. The maximum Gasteiger partial charge on any atom is 0.271 e. The highest BCUT2D eigenvalue weighted by atomic mass is 16.2. The van der Waals surface area contributed by atoms with Gasteiger partial charge in [0.05, 0.1) is 6.20 Å². The number of carbonyl (C=O) groups excluding carboxylic acids is 2. The molecule has 1 aromatic rings. The molecule has 3 rings (SSSR count). The summed E-state index contributed by atoms with van der Waals surface area (Å²) in [5.74, 6) is 0.209. The molecule has 0 aromatic carbocycles. The fraction of sp³-hybridized carbons (Fsp3) is 0.538. The summed E-state index contributed by atoms with van der Waals surface area (Å²) in [4.78, 5) is 33.3. The first kappa shape index (κ1) is 12.1. The lowest BCUT2D eigenvalue weighted by molar-refractivity contribution is -0.128. The van der Waals surface area contributed by atoms with Crippen molar-refractivity contribution in [3.8, 4) is 0 Å². The van der Waals surface area contributed by atoms with Crippen molar-refractivity contribution in [3.63, 3.8) is 0 Å². The summed E-state index contributed by atoms with van der Waals surface area (Å²) in [5.41, 5.74) is 0.311. The van der Waals surface area contributed by atoms with Crippen molar-refractivity contribution < 1.29 is 9.59 Å². The normalized spacial score (nSPS) is 22.6. The van der Waals surface area contributed by atoms with E-state index in [0.29, 0.717) is 24.7 Å². The van der Waals surface area contributed by atoms with Crippen molar-refractivity contribution >= 4 is 11.8 Å². The SMILES string of the molecule is O=C(NCC1CC(=O)N(C2CC2)C1)c1cnccn1. The summed E-state index contributed by atoms with van der Waals surface area (Å²) < 4.78 is 0. The quantitative estimate of drug-likeness (QED) is 0.840. The highest BCUT2D eigenvalue weighted by Gasteiger charge is 2.39. The fourth-order valence-electron chi connectivity index (χ4n) is 2.43. The molecule has 1 N–H and O–H groups in total. The molecule has 6 heteroatoms. The largest absolute Gasteiger partial charge is 0.350 e. The Morgan fingerprint density at radius 2 is 2.26 bits per heavy atom. The van der Waals surface area contributed by atoms with Crippen LogP contribution in [0.15, 0.2) is 18.6 Å². The van der Waals surface area contributed by atoms with Gasteiger partial charge in [-0.25, -0.2) is 4.98 Å². The first-order chi connectivity index (χ1) is 9.24. The van der Waals surface area contributed by atoms with Gasteiger partial charge in [0.15, 0.2) is 0 Å². The van der Waals surface area contributed by atoms with Crippen LogP contribution in [0, 0.1) is 5.92 Å². The number of hydrogen-bond acceptors (Lipinski definition) is 4. The van der Waals surface area contributed by atoms with Crippen LogP contribution in [0.25, 0.3) is 0 Å². The molecule has 2 heterocycles. The maximum absolute atomic E-state index is 11.8. The Bertz CT molecular complexity index is 487. The second-order valence-corrected chi connectivity index (χ2v) is 5.15. The van der Waals surface area contributed by atoms with Crippen molar-refractivity contribution in [2.24, 2.45) is 5.92 Å². The molecule has 1 saturated carbocycles. The Labute approximate surface area is 111 Å². The number of nitrogens with zero attached hydrogens (tertiary/aromatic N) is 3. The molecule has 6 nitrogen and oxygen atoms in total. The third kappa shape index (κ3) is 2.72. The predicted molar refractivity (Wildman–Crippen MR) is 67.2 cm³/mol. The Kier molecular flexibility index (Phi) is 3.15. The molecule has 0 spiro atoms. The lowest BCUT2D eigenvalue weighted by atomic mass is 10.1. The van der Waals surface area contributed by atoms with Crippen LogP contribution in [-0.2, 0) is 4.79 Å². The van der Waals surface area contributed by atoms with Gasteiger partial charge in [0.1, 0.15) is 5.69 Å². The molecular weight excluding hydrogens is 244 g/mol. The van der Waals surface area contributed by atoms with E-state index in [0.717, 1.165) is 19.4 Å². The van der Waals surface area contributed by atoms with Crippen LogP contribution >= 0.6 is 0 Å². The molecule has 1 aliphatic carbocycles. The Balaban J connectivity index is 1.50. The molecule has 100 valence electrons. The number of rotatable bonds is 4. The number of likely N-dealkylation sites (tertiary alicyclic amines) is 1. The minimum Gasteiger partial charge on any atom is -0.350 e. The zero-order valence-corrected chi connectivity index (χ0v) is 10.6. The molecule has 1 unspecified atom stereocenters. The number of aromatic nitrogens is 2. The Morgan fingerprint density at radius 1 is 1.42 bits per heavy atom. The summed E-state index contributed by atoms with van der Waals surface area (Å²) >= 11 is 0. The topological polar surface area (TPSA) is 75.2 Å². The molecule has 2 aliphatic rings. The summed E-state index contributed by atoms with van der Waals surface area (Å²) in [7, 11) is 0. The molecule has 0 radical (unpaired) electrons. The molecular formula is C13H16N4O2. The lowest BCUT2D eigenvalue weighted by Crippen LogP contribution is -2.32. The van der Waals surface area contributed by atoms with E-state index in [1.165, 1.54) is 18.6 Å². The van der Waals surface area contributed by atoms with Gasteiger partial charge in [-0.05, 0) is 12.8 Å². The van der Waals surface area contributed by atoms with Gasteiger partial charge in [-0.1, -0.05) is 0 Å². The van der Waals surface area contributed by atoms with E-state index in [-0.39, 0.29) is 17.7 Å². The van der Waals surface area contributed by atoms with Gasteiger partial charge in [-0.3, -0.25) is 14.6 Å². The van der Waals surface area contributed by atoms with E-state index in [1.807, 2.05) is 4.90 Å². The van der Waals surface area contributed by atoms with E-state index in [2.05, 4.69) is 15.3 Å². The van der Waals surface area contributed by atoms with E-state index in [1.54, 1.807) is 0 Å². The Hall–Kier alpha value is -1.98. The molecule has 1 aliphatic heterocycles. The summed E-state index contributed by atoms with van der Waals surface area (Å²) in [6, 6.07) is 0.466. The molecule has 2 fully saturated rings. The van der Waals surface area contributed by atoms with Crippen LogP contribution < -0.4 is 5.32 Å². The number of amides is 2. The Morgan fingerprint density at radius 3 is 2.95 bits per heavy atom. The molecule has 1 saturated heterocycles. The number of carbonyl (C=O) groups is 2. The van der Waals surface area contributed by atoms with E-state index in [4.69, 9.17) is 0 Å². The average molecular weight is 260 g/mol. The summed E-state index contributed by atoms with van der Waals surface area (Å²) in [6.45, 7) is 1.29. The average Bonchev–Trinajstić information content (AvgIpc) is 3.21. The summed E-state index contributed by atoms with van der Waals surface area (Å²) in [5, 5.41) is 2.82. The van der Waals surface area contributed by atoms with Crippen LogP contribution in [0.2, 0.25) is 0 Å². The molecule has 19 heavy (non-hydrogen) atoms. The molecule has 2 amide bonds. The first-order valence-electron chi connectivity index (χ1n) is 6.57. The van der Waals surface area contributed by atoms with Gasteiger partial charge in [0.25, 0.3) is 5.91 Å². The van der Waals surface area contributed by atoms with Gasteiger partial charge in [-0.15, -0.1) is 0 Å². The van der Waals surface area contributed by atoms with Crippen LogP contribution in [0.5, 0.6) is 0 Å². The van der Waals surface area contributed by atoms with Gasteiger partial charge in [-0.2, -0.15) is 0 Å². The van der Waals surface area contributed by atoms with Crippen LogP contribution in [0.3, 0.4) is 0 Å². The second kappa shape index (κ2) is 4.95. The van der Waals surface area contributed by atoms with E-state index in [9.17, 15) is 9.59 Å². The predicted octanol–water partition coefficient (Wildman–Crippen LogP) is 0.217. The maximum atomic E-state index is 11.8. The van der Waals surface area contributed by atoms with Gasteiger partial charge in [0, 0.05) is 43.9 Å². The van der Waals surface area contributed by atoms with E-state index < -0.39 is 0 Å². The van der Waals surface area contributed by atoms with Crippen LogP contribution in [0.1, 0.15) is 29.8 Å². The van der Waals surface area contributed by atoms with Crippen molar-refractivity contribution in [1.29, 1.82) is 0 Å². The smallest absolute Gasteiger partial charge is 0.271 e. The fourth-order valence-corrected chi connectivity index (χ4v) is 2.43. The molecule has 1 aromatic heterocycles.